The normalized spacial score (nSPS) is 26.2. The number of hydrogen-bond donors (Lipinski definition) is 0. The third-order valence-corrected chi connectivity index (χ3v) is 7.40. The molecule has 1 saturated heterocycles. The first kappa shape index (κ1) is 20.6. The number of carbonyl (C=O) groups is 1. The molecule has 174 valence electrons. The zero-order chi connectivity index (χ0) is 22.6. The molecule has 0 N–H and O–H groups in total. The number of benzene rings is 1. The highest BCUT2D eigenvalue weighted by molar-refractivity contribution is 6.08. The number of fused-ring (bicyclic) bond motifs is 1. The summed E-state index contributed by atoms with van der Waals surface area (Å²) in [6.45, 7) is 1.90. The lowest BCUT2D eigenvalue weighted by molar-refractivity contribution is 0.0936. The van der Waals surface area contributed by atoms with Crippen molar-refractivity contribution < 1.29 is 23.7 Å². The van der Waals surface area contributed by atoms with E-state index in [0.29, 0.717) is 46.9 Å². The molecule has 6 rings (SSSR count). The number of rotatable bonds is 7. The van der Waals surface area contributed by atoms with E-state index < -0.39 is 0 Å². The molecule has 1 spiro atoms. The second-order valence-corrected chi connectivity index (χ2v) is 9.55. The van der Waals surface area contributed by atoms with Crippen LogP contribution in [0.5, 0.6) is 23.1 Å². The van der Waals surface area contributed by atoms with E-state index in [1.807, 2.05) is 18.2 Å². The van der Waals surface area contributed by atoms with Crippen LogP contribution in [0, 0.1) is 5.92 Å². The number of nitrogens with zero attached hydrogens (tertiary/aromatic N) is 3. The van der Waals surface area contributed by atoms with Gasteiger partial charge in [0.05, 0.1) is 24.9 Å². The fraction of sp³-hybridized carbons (Fsp3) is 0.520. The molecule has 2 unspecified atom stereocenters. The van der Waals surface area contributed by atoms with Gasteiger partial charge in [-0.1, -0.05) is 0 Å². The van der Waals surface area contributed by atoms with E-state index >= 15 is 0 Å². The van der Waals surface area contributed by atoms with E-state index in [2.05, 4.69) is 16.9 Å². The molecule has 2 atom stereocenters. The zero-order valence-electron chi connectivity index (χ0n) is 19.1. The van der Waals surface area contributed by atoms with Crippen molar-refractivity contribution >= 4 is 11.6 Å². The first-order valence-electron chi connectivity index (χ1n) is 11.7. The number of methoxy groups -OCH3 is 1. The Hall–Kier alpha value is -3.00. The summed E-state index contributed by atoms with van der Waals surface area (Å²) in [4.78, 5) is 21.5. The van der Waals surface area contributed by atoms with Crippen molar-refractivity contribution in [2.45, 2.75) is 43.7 Å². The Morgan fingerprint density at radius 2 is 2.12 bits per heavy atom. The van der Waals surface area contributed by atoms with Gasteiger partial charge in [0.15, 0.2) is 18.2 Å². The second-order valence-electron chi connectivity index (χ2n) is 9.55. The molecular weight excluding hydrogens is 422 g/mol. The highest BCUT2D eigenvalue weighted by atomic mass is 16.5. The molecule has 1 aromatic carbocycles. The Morgan fingerprint density at radius 3 is 2.88 bits per heavy atom. The molecular formula is C25H29N3O5. The van der Waals surface area contributed by atoms with Crippen LogP contribution >= 0.6 is 0 Å². The Bertz CT molecular complexity index is 1090. The lowest BCUT2D eigenvalue weighted by Crippen LogP contribution is -2.38. The molecule has 2 saturated carbocycles. The minimum Gasteiger partial charge on any atom is -0.493 e. The van der Waals surface area contributed by atoms with Crippen LogP contribution in [-0.2, 0) is 0 Å². The maximum Gasteiger partial charge on any atom is 0.266 e. The first-order valence-corrected chi connectivity index (χ1v) is 11.7. The fourth-order valence-electron chi connectivity index (χ4n) is 4.98. The van der Waals surface area contributed by atoms with Crippen LogP contribution in [0.4, 0.5) is 5.69 Å². The van der Waals surface area contributed by atoms with E-state index in [-0.39, 0.29) is 24.3 Å². The summed E-state index contributed by atoms with van der Waals surface area (Å²) < 4.78 is 23.5. The molecule has 8 heteroatoms. The highest BCUT2D eigenvalue weighted by Gasteiger charge is 2.61. The van der Waals surface area contributed by atoms with Crippen molar-refractivity contribution in [3.63, 3.8) is 0 Å². The smallest absolute Gasteiger partial charge is 0.266 e. The topological polar surface area (TPSA) is 73.4 Å². The number of ether oxygens (including phenoxy) is 4. The van der Waals surface area contributed by atoms with E-state index in [9.17, 15) is 4.79 Å². The van der Waals surface area contributed by atoms with Gasteiger partial charge in [0.2, 0.25) is 5.88 Å². The third-order valence-electron chi connectivity index (χ3n) is 7.40. The molecule has 2 aliphatic carbocycles. The van der Waals surface area contributed by atoms with Gasteiger partial charge >= 0.3 is 0 Å². The number of pyridine rings is 1. The minimum absolute atomic E-state index is 0.109. The van der Waals surface area contributed by atoms with Gasteiger partial charge in [-0.2, -0.15) is 0 Å². The monoisotopic (exact) mass is 451 g/mol. The maximum absolute atomic E-state index is 13.2. The van der Waals surface area contributed by atoms with Crippen molar-refractivity contribution in [1.82, 2.24) is 9.88 Å². The molecule has 33 heavy (non-hydrogen) atoms. The van der Waals surface area contributed by atoms with Crippen molar-refractivity contribution in [2.75, 3.05) is 38.9 Å². The van der Waals surface area contributed by atoms with Gasteiger partial charge in [0, 0.05) is 24.8 Å². The summed E-state index contributed by atoms with van der Waals surface area (Å²) >= 11 is 0. The van der Waals surface area contributed by atoms with Crippen LogP contribution in [-0.4, -0.2) is 61.5 Å². The van der Waals surface area contributed by atoms with Gasteiger partial charge in [-0.25, -0.2) is 4.98 Å². The summed E-state index contributed by atoms with van der Waals surface area (Å²) in [5.74, 6) is 2.78. The molecule has 3 heterocycles. The number of likely N-dealkylation sites (tertiary alicyclic amines) is 1. The summed E-state index contributed by atoms with van der Waals surface area (Å²) in [6.07, 6.45) is 7.57. The standard InChI is InChI=1S/C25H29N3O5/c1-27-9-3-8-25(27)12-22(25)33-19-7-6-17(10-21(19)30-2)28-15-32-20-11-23(31-14-16-4-5-16)26-13-18(20)24(28)29/h6-7,10-11,13,16,22H,3-5,8-9,12,14-15H2,1-2H3. The largest absolute Gasteiger partial charge is 0.493 e. The van der Waals surface area contributed by atoms with Crippen molar-refractivity contribution in [3.8, 4) is 23.1 Å². The van der Waals surface area contributed by atoms with Crippen LogP contribution in [0.25, 0.3) is 0 Å². The molecule has 0 radical (unpaired) electrons. The summed E-state index contributed by atoms with van der Waals surface area (Å²) in [5, 5.41) is 0. The Kier molecular flexibility index (Phi) is 4.87. The summed E-state index contributed by atoms with van der Waals surface area (Å²) in [6, 6.07) is 7.29. The van der Waals surface area contributed by atoms with Crippen LogP contribution in [0.1, 0.15) is 42.5 Å². The average Bonchev–Trinajstić information content (AvgIpc) is 3.74. The first-order chi connectivity index (χ1) is 16.1. The third kappa shape index (κ3) is 3.66. The average molecular weight is 452 g/mol. The van der Waals surface area contributed by atoms with Crippen LogP contribution in [0.2, 0.25) is 0 Å². The molecule has 4 aliphatic rings. The Morgan fingerprint density at radius 1 is 1.24 bits per heavy atom. The number of likely N-dealkylation sites (N-methyl/N-ethyl adjacent to an activating group) is 1. The maximum atomic E-state index is 13.2. The SMILES string of the molecule is COc1cc(N2COc3cc(OCC4CC4)ncc3C2=O)ccc1OC1CC12CCCN2C. The molecule has 1 aromatic heterocycles. The lowest BCUT2D eigenvalue weighted by atomic mass is 10.1. The Labute approximate surface area is 193 Å². The van der Waals surface area contributed by atoms with E-state index in [1.54, 1.807) is 18.1 Å². The van der Waals surface area contributed by atoms with Crippen molar-refractivity contribution in [3.05, 3.63) is 36.0 Å². The van der Waals surface area contributed by atoms with Crippen LogP contribution in [0.3, 0.4) is 0 Å². The summed E-state index contributed by atoms with van der Waals surface area (Å²) in [7, 11) is 3.79. The molecule has 0 bridgehead atoms. The second kappa shape index (κ2) is 7.80. The van der Waals surface area contributed by atoms with E-state index in [0.717, 1.165) is 13.0 Å². The fourth-order valence-corrected chi connectivity index (χ4v) is 4.98. The van der Waals surface area contributed by atoms with Crippen molar-refractivity contribution in [1.29, 1.82) is 0 Å². The number of hydrogen-bond acceptors (Lipinski definition) is 7. The van der Waals surface area contributed by atoms with Crippen LogP contribution < -0.4 is 23.8 Å². The van der Waals surface area contributed by atoms with Crippen molar-refractivity contribution in [2.24, 2.45) is 5.92 Å². The Balaban J connectivity index is 1.17. The van der Waals surface area contributed by atoms with Gasteiger partial charge in [0.1, 0.15) is 17.4 Å². The molecule has 8 nitrogen and oxygen atoms in total. The number of carbonyl (C=O) groups excluding carboxylic acids is 1. The number of anilines is 1. The molecule has 3 fully saturated rings. The lowest BCUT2D eigenvalue weighted by Gasteiger charge is -2.29. The number of aromatic nitrogens is 1. The quantitative estimate of drug-likeness (QED) is 0.638. The predicted molar refractivity (Wildman–Crippen MR) is 121 cm³/mol. The molecule has 2 aliphatic heterocycles. The van der Waals surface area contributed by atoms with Gasteiger partial charge in [0.25, 0.3) is 5.91 Å². The highest BCUT2D eigenvalue weighted by Crippen LogP contribution is 2.52. The zero-order valence-corrected chi connectivity index (χ0v) is 19.1. The number of amides is 1. The predicted octanol–water partition coefficient (Wildman–Crippen LogP) is 3.49. The van der Waals surface area contributed by atoms with E-state index in [1.165, 1.54) is 31.9 Å². The van der Waals surface area contributed by atoms with Gasteiger partial charge in [-0.15, -0.1) is 0 Å². The summed E-state index contributed by atoms with van der Waals surface area (Å²) in [5.41, 5.74) is 1.29. The molecule has 2 aromatic rings. The van der Waals surface area contributed by atoms with Gasteiger partial charge in [-0.05, 0) is 57.3 Å². The molecule has 1 amide bonds. The van der Waals surface area contributed by atoms with E-state index in [4.69, 9.17) is 18.9 Å². The minimum atomic E-state index is -0.165. The van der Waals surface area contributed by atoms with Gasteiger partial charge < -0.3 is 18.9 Å². The van der Waals surface area contributed by atoms with Crippen LogP contribution in [0.15, 0.2) is 30.5 Å². The van der Waals surface area contributed by atoms with Gasteiger partial charge in [-0.3, -0.25) is 14.6 Å².